The van der Waals surface area contributed by atoms with Crippen LogP contribution in [0, 0.1) is 13.8 Å². The fraction of sp³-hybridized carbons (Fsp3) is 0.154. The molecule has 36 heavy (non-hydrogen) atoms. The lowest BCUT2D eigenvalue weighted by Gasteiger charge is -2.27. The number of aromatic nitrogens is 1. The third-order valence-corrected chi connectivity index (χ3v) is 6.05. The van der Waals surface area contributed by atoms with Gasteiger partial charge in [-0.1, -0.05) is 23.7 Å². The number of rotatable bonds is 6. The Morgan fingerprint density at radius 1 is 1.11 bits per heavy atom. The number of urea groups is 1. The van der Waals surface area contributed by atoms with Gasteiger partial charge in [-0.25, -0.2) is 14.5 Å². The maximum Gasteiger partial charge on any atom is 0.337 e. The van der Waals surface area contributed by atoms with Crippen molar-refractivity contribution >= 4 is 47.2 Å². The minimum Gasteiger partial charge on any atom is -0.492 e. The molecule has 0 aliphatic carbocycles. The molecule has 184 valence electrons. The molecule has 2 N–H and O–H groups in total. The number of anilines is 1. The Kier molecular flexibility index (Phi) is 6.67. The maximum absolute atomic E-state index is 13.4. The molecule has 2 aromatic carbocycles. The Morgan fingerprint density at radius 2 is 1.83 bits per heavy atom. The Balaban J connectivity index is 1.78. The highest BCUT2D eigenvalue weighted by Gasteiger charge is 2.38. The van der Waals surface area contributed by atoms with Crippen LogP contribution in [0.2, 0.25) is 5.02 Å². The van der Waals surface area contributed by atoms with Gasteiger partial charge < -0.3 is 14.4 Å². The van der Waals surface area contributed by atoms with Crippen LogP contribution >= 0.6 is 11.6 Å². The summed E-state index contributed by atoms with van der Waals surface area (Å²) in [5, 5.41) is 11.7. The van der Waals surface area contributed by atoms with Gasteiger partial charge in [0.25, 0.3) is 11.8 Å². The van der Waals surface area contributed by atoms with E-state index in [-0.39, 0.29) is 21.8 Å². The van der Waals surface area contributed by atoms with E-state index in [1.807, 2.05) is 0 Å². The number of carboxylic acids is 1. The molecule has 10 heteroatoms. The second kappa shape index (κ2) is 9.71. The standard InChI is InChI=1S/C26H22ClN3O6/c1-4-36-22-8-6-5-7-21(22)30-24(32)19(23(31)28-26(30)35)12-16-11-14(2)29(15(16)3)17-9-10-20(27)18(13-17)25(33)34/h5-13H,4H2,1-3H3,(H,33,34)(H,28,31,35)/b19-12+. The third kappa shape index (κ3) is 4.36. The number of amides is 4. The Hall–Kier alpha value is -4.37. The van der Waals surface area contributed by atoms with E-state index in [1.165, 1.54) is 18.2 Å². The van der Waals surface area contributed by atoms with Gasteiger partial charge in [0.2, 0.25) is 0 Å². The molecule has 1 aromatic heterocycles. The van der Waals surface area contributed by atoms with Crippen LogP contribution in [0.4, 0.5) is 10.5 Å². The minimum absolute atomic E-state index is 0.0504. The van der Waals surface area contributed by atoms with Crippen LogP contribution in [0.25, 0.3) is 11.8 Å². The number of carbonyl (C=O) groups excluding carboxylic acids is 3. The predicted molar refractivity (Wildman–Crippen MR) is 134 cm³/mol. The van der Waals surface area contributed by atoms with E-state index in [9.17, 15) is 24.3 Å². The monoisotopic (exact) mass is 507 g/mol. The topological polar surface area (TPSA) is 118 Å². The number of carbonyl (C=O) groups is 4. The number of halogens is 1. The zero-order chi connectivity index (χ0) is 26.1. The number of aromatic carboxylic acids is 1. The molecule has 4 rings (SSSR count). The van der Waals surface area contributed by atoms with E-state index in [0.29, 0.717) is 29.3 Å². The highest BCUT2D eigenvalue weighted by Crippen LogP contribution is 2.32. The lowest BCUT2D eigenvalue weighted by atomic mass is 10.1. The van der Waals surface area contributed by atoms with E-state index in [1.54, 1.807) is 61.7 Å². The van der Waals surface area contributed by atoms with Crippen molar-refractivity contribution in [2.75, 3.05) is 11.5 Å². The van der Waals surface area contributed by atoms with Crippen molar-refractivity contribution in [1.29, 1.82) is 0 Å². The molecule has 1 aliphatic rings. The molecule has 2 heterocycles. The molecule has 4 amide bonds. The van der Waals surface area contributed by atoms with Gasteiger partial charge in [0, 0.05) is 17.1 Å². The molecular weight excluding hydrogens is 486 g/mol. The summed E-state index contributed by atoms with van der Waals surface area (Å²) in [7, 11) is 0. The van der Waals surface area contributed by atoms with E-state index >= 15 is 0 Å². The van der Waals surface area contributed by atoms with Crippen molar-refractivity contribution in [3.8, 4) is 11.4 Å². The normalized spacial score (nSPS) is 14.8. The largest absolute Gasteiger partial charge is 0.492 e. The number of hydrogen-bond acceptors (Lipinski definition) is 5. The van der Waals surface area contributed by atoms with Crippen LogP contribution in [-0.4, -0.2) is 40.1 Å². The number of hydrogen-bond donors (Lipinski definition) is 2. The van der Waals surface area contributed by atoms with Crippen LogP contribution in [0.1, 0.15) is 34.2 Å². The molecular formula is C26H22ClN3O6. The van der Waals surface area contributed by atoms with Gasteiger partial charge in [0.15, 0.2) is 0 Å². The van der Waals surface area contributed by atoms with Crippen molar-refractivity contribution in [1.82, 2.24) is 9.88 Å². The van der Waals surface area contributed by atoms with E-state index in [4.69, 9.17) is 16.3 Å². The summed E-state index contributed by atoms with van der Waals surface area (Å²) < 4.78 is 7.34. The average Bonchev–Trinajstić information content (AvgIpc) is 3.10. The molecule has 0 bridgehead atoms. The zero-order valence-electron chi connectivity index (χ0n) is 19.7. The van der Waals surface area contributed by atoms with Gasteiger partial charge in [-0.3, -0.25) is 14.9 Å². The van der Waals surface area contributed by atoms with Crippen LogP contribution < -0.4 is 15.0 Å². The molecule has 0 saturated carbocycles. The highest BCUT2D eigenvalue weighted by molar-refractivity contribution is 6.39. The summed E-state index contributed by atoms with van der Waals surface area (Å²) in [6.07, 6.45) is 1.41. The lowest BCUT2D eigenvalue weighted by molar-refractivity contribution is -0.122. The molecule has 0 spiro atoms. The summed E-state index contributed by atoms with van der Waals surface area (Å²) in [4.78, 5) is 51.1. The quantitative estimate of drug-likeness (QED) is 0.374. The minimum atomic E-state index is -1.16. The number of benzene rings is 2. The first-order chi connectivity index (χ1) is 17.1. The van der Waals surface area contributed by atoms with Crippen LogP contribution in [0.5, 0.6) is 5.75 Å². The van der Waals surface area contributed by atoms with Crippen LogP contribution in [0.3, 0.4) is 0 Å². The number of imide groups is 2. The van der Waals surface area contributed by atoms with E-state index in [0.717, 1.165) is 10.6 Å². The van der Waals surface area contributed by atoms with Crippen LogP contribution in [-0.2, 0) is 9.59 Å². The molecule has 3 aromatic rings. The number of nitrogens with zero attached hydrogens (tertiary/aromatic N) is 2. The molecule has 1 saturated heterocycles. The Morgan fingerprint density at radius 3 is 2.53 bits per heavy atom. The lowest BCUT2D eigenvalue weighted by Crippen LogP contribution is -2.54. The summed E-state index contributed by atoms with van der Waals surface area (Å²) in [6, 6.07) is 12.1. The van der Waals surface area contributed by atoms with Gasteiger partial charge in [-0.15, -0.1) is 0 Å². The van der Waals surface area contributed by atoms with Gasteiger partial charge in [0.1, 0.15) is 11.3 Å². The fourth-order valence-corrected chi connectivity index (χ4v) is 4.30. The SMILES string of the molecule is CCOc1ccccc1N1C(=O)NC(=O)/C(=C\c2cc(C)n(-c3ccc(Cl)c(C(=O)O)c3)c2C)C1=O. The Labute approximate surface area is 211 Å². The summed E-state index contributed by atoms with van der Waals surface area (Å²) in [6.45, 7) is 5.68. The first kappa shape index (κ1) is 24.7. The number of para-hydroxylation sites is 2. The summed E-state index contributed by atoms with van der Waals surface area (Å²) >= 11 is 6.01. The van der Waals surface area contributed by atoms with Gasteiger partial charge in [0.05, 0.1) is 22.9 Å². The highest BCUT2D eigenvalue weighted by atomic mass is 35.5. The van der Waals surface area contributed by atoms with E-state index < -0.39 is 23.8 Å². The van der Waals surface area contributed by atoms with Crippen molar-refractivity contribution in [2.45, 2.75) is 20.8 Å². The average molecular weight is 508 g/mol. The Bertz CT molecular complexity index is 1460. The van der Waals surface area contributed by atoms with Gasteiger partial charge in [-0.05, 0) is 68.8 Å². The third-order valence-electron chi connectivity index (χ3n) is 5.72. The van der Waals surface area contributed by atoms with Crippen molar-refractivity contribution in [3.05, 3.63) is 81.6 Å². The molecule has 1 fully saturated rings. The van der Waals surface area contributed by atoms with E-state index in [2.05, 4.69) is 5.32 Å². The second-order valence-electron chi connectivity index (χ2n) is 7.99. The number of carboxylic acid groups (broad SMARTS) is 1. The summed E-state index contributed by atoms with van der Waals surface area (Å²) in [5.41, 5.74) is 2.42. The molecule has 0 atom stereocenters. The van der Waals surface area contributed by atoms with Gasteiger partial charge in [-0.2, -0.15) is 0 Å². The number of ether oxygens (including phenoxy) is 1. The maximum atomic E-state index is 13.4. The van der Waals surface area contributed by atoms with Crippen molar-refractivity contribution in [3.63, 3.8) is 0 Å². The van der Waals surface area contributed by atoms with Gasteiger partial charge >= 0.3 is 12.0 Å². The number of aryl methyl sites for hydroxylation is 1. The van der Waals surface area contributed by atoms with Crippen LogP contribution in [0.15, 0.2) is 54.1 Å². The number of nitrogens with one attached hydrogen (secondary N) is 1. The molecule has 0 radical (unpaired) electrons. The second-order valence-corrected chi connectivity index (χ2v) is 8.40. The first-order valence-corrected chi connectivity index (χ1v) is 11.4. The molecule has 1 aliphatic heterocycles. The predicted octanol–water partition coefficient (Wildman–Crippen LogP) is 4.51. The fourth-order valence-electron chi connectivity index (χ4n) is 4.10. The number of barbiturate groups is 1. The molecule has 0 unspecified atom stereocenters. The first-order valence-electron chi connectivity index (χ1n) is 11.0. The van der Waals surface area contributed by atoms with Crippen molar-refractivity contribution in [2.24, 2.45) is 0 Å². The van der Waals surface area contributed by atoms with Crippen molar-refractivity contribution < 1.29 is 29.0 Å². The zero-order valence-corrected chi connectivity index (χ0v) is 20.4. The molecule has 9 nitrogen and oxygen atoms in total. The smallest absolute Gasteiger partial charge is 0.337 e. The summed E-state index contributed by atoms with van der Waals surface area (Å²) in [5.74, 6) is -2.44.